The molecule has 1 fully saturated rings. The van der Waals surface area contributed by atoms with E-state index in [1.807, 2.05) is 4.90 Å². The molecule has 6 nitrogen and oxygen atoms in total. The molecule has 144 valence electrons. The summed E-state index contributed by atoms with van der Waals surface area (Å²) in [6.45, 7) is 2.92. The molecule has 0 radical (unpaired) electrons. The molecule has 3 rings (SSSR count). The minimum atomic E-state index is -4.49. The molecule has 0 saturated carbocycles. The number of quaternary nitrogens is 1. The Bertz CT molecular complexity index is 795. The molecular formula is C17H18ClF3N5O+. The molecule has 2 aromatic rings. The lowest BCUT2D eigenvalue weighted by Crippen LogP contribution is -3.15. The number of carbonyl (C=O) groups excluding carboxylic acids is 1. The third kappa shape index (κ3) is 5.08. The number of hydrogen-bond acceptors (Lipinski definition) is 4. The predicted molar refractivity (Wildman–Crippen MR) is 94.9 cm³/mol. The fourth-order valence-electron chi connectivity index (χ4n) is 2.87. The molecule has 27 heavy (non-hydrogen) atoms. The highest BCUT2D eigenvalue weighted by Crippen LogP contribution is 2.33. The van der Waals surface area contributed by atoms with Crippen molar-refractivity contribution in [2.45, 2.75) is 6.18 Å². The number of amides is 1. The number of nitrogens with zero attached hydrogens (tertiary/aromatic N) is 3. The van der Waals surface area contributed by atoms with Crippen LogP contribution in [-0.2, 0) is 11.0 Å². The second-order valence-electron chi connectivity index (χ2n) is 6.20. The highest BCUT2D eigenvalue weighted by atomic mass is 35.5. The molecule has 0 atom stereocenters. The van der Waals surface area contributed by atoms with Gasteiger partial charge >= 0.3 is 6.18 Å². The van der Waals surface area contributed by atoms with Crippen molar-refractivity contribution in [2.24, 2.45) is 0 Å². The van der Waals surface area contributed by atoms with Crippen LogP contribution in [0.5, 0.6) is 0 Å². The third-order valence-corrected chi connectivity index (χ3v) is 4.61. The summed E-state index contributed by atoms with van der Waals surface area (Å²) in [4.78, 5) is 23.7. The van der Waals surface area contributed by atoms with Crippen molar-refractivity contribution in [3.05, 3.63) is 47.2 Å². The van der Waals surface area contributed by atoms with Crippen molar-refractivity contribution < 1.29 is 22.9 Å². The SMILES string of the molecule is O=C(C[NH+]1CCN(c2ncccn2)CC1)Nc1cc(C(F)(F)F)ccc1Cl. The van der Waals surface area contributed by atoms with Gasteiger partial charge in [0.1, 0.15) is 0 Å². The molecule has 10 heteroatoms. The zero-order valence-electron chi connectivity index (χ0n) is 14.3. The maximum Gasteiger partial charge on any atom is 0.416 e. The van der Waals surface area contributed by atoms with E-state index in [0.29, 0.717) is 32.1 Å². The van der Waals surface area contributed by atoms with Crippen molar-refractivity contribution in [3.63, 3.8) is 0 Å². The summed E-state index contributed by atoms with van der Waals surface area (Å²) in [5.74, 6) is 0.271. The molecule has 0 bridgehead atoms. The van der Waals surface area contributed by atoms with Gasteiger partial charge in [0.05, 0.1) is 42.5 Å². The smallest absolute Gasteiger partial charge is 0.330 e. The Morgan fingerprint density at radius 1 is 1.22 bits per heavy atom. The first kappa shape index (κ1) is 19.4. The molecule has 2 N–H and O–H groups in total. The topological polar surface area (TPSA) is 62.6 Å². The van der Waals surface area contributed by atoms with Crippen LogP contribution in [0.1, 0.15) is 5.56 Å². The van der Waals surface area contributed by atoms with Gasteiger partial charge in [-0.25, -0.2) is 9.97 Å². The number of alkyl halides is 3. The number of rotatable bonds is 4. The van der Waals surface area contributed by atoms with Gasteiger partial charge in [0.15, 0.2) is 6.54 Å². The zero-order valence-corrected chi connectivity index (χ0v) is 15.0. The lowest BCUT2D eigenvalue weighted by molar-refractivity contribution is -0.892. The number of aromatic nitrogens is 2. The van der Waals surface area contributed by atoms with E-state index >= 15 is 0 Å². The van der Waals surface area contributed by atoms with Crippen molar-refractivity contribution in [2.75, 3.05) is 42.9 Å². The van der Waals surface area contributed by atoms with Gasteiger partial charge in [-0.2, -0.15) is 13.2 Å². The van der Waals surface area contributed by atoms with Crippen LogP contribution >= 0.6 is 11.6 Å². The van der Waals surface area contributed by atoms with E-state index in [4.69, 9.17) is 11.6 Å². The van der Waals surface area contributed by atoms with Crippen LogP contribution in [0.15, 0.2) is 36.7 Å². The van der Waals surface area contributed by atoms with Crippen LogP contribution in [0, 0.1) is 0 Å². The number of benzene rings is 1. The summed E-state index contributed by atoms with van der Waals surface area (Å²) in [7, 11) is 0. The average Bonchev–Trinajstić information content (AvgIpc) is 2.64. The maximum absolute atomic E-state index is 12.8. The summed E-state index contributed by atoms with van der Waals surface area (Å²) in [5.41, 5.74) is -0.891. The molecule has 0 spiro atoms. The zero-order chi connectivity index (χ0) is 19.4. The van der Waals surface area contributed by atoms with Crippen molar-refractivity contribution in [1.82, 2.24) is 9.97 Å². The van der Waals surface area contributed by atoms with E-state index in [-0.39, 0.29) is 23.2 Å². The van der Waals surface area contributed by atoms with Crippen molar-refractivity contribution in [3.8, 4) is 0 Å². The number of nitrogens with one attached hydrogen (secondary N) is 2. The van der Waals surface area contributed by atoms with Gasteiger partial charge in [-0.1, -0.05) is 11.6 Å². The molecule has 0 aliphatic carbocycles. The fraction of sp³-hybridized carbons (Fsp3) is 0.353. The first-order valence-corrected chi connectivity index (χ1v) is 8.73. The highest BCUT2D eigenvalue weighted by molar-refractivity contribution is 6.33. The summed E-state index contributed by atoms with van der Waals surface area (Å²) in [6.07, 6.45) is -1.15. The number of hydrogen-bond donors (Lipinski definition) is 2. The van der Waals surface area contributed by atoms with Crippen LogP contribution in [0.2, 0.25) is 5.02 Å². The Kier molecular flexibility index (Phi) is 5.81. The molecule has 1 saturated heterocycles. The summed E-state index contributed by atoms with van der Waals surface area (Å²) < 4.78 is 38.4. The van der Waals surface area contributed by atoms with Crippen molar-refractivity contribution >= 4 is 29.1 Å². The Labute approximate surface area is 159 Å². The Balaban J connectivity index is 1.55. The maximum atomic E-state index is 12.8. The van der Waals surface area contributed by atoms with Gasteiger partial charge in [-0.05, 0) is 24.3 Å². The second-order valence-corrected chi connectivity index (χ2v) is 6.61. The first-order chi connectivity index (χ1) is 12.8. The summed E-state index contributed by atoms with van der Waals surface area (Å²) >= 11 is 5.91. The molecule has 1 aliphatic rings. The van der Waals surface area contributed by atoms with E-state index in [2.05, 4.69) is 15.3 Å². The van der Waals surface area contributed by atoms with Crippen LogP contribution in [-0.4, -0.2) is 48.6 Å². The number of carbonyl (C=O) groups is 1. The van der Waals surface area contributed by atoms with Gasteiger partial charge in [-0.3, -0.25) is 4.79 Å². The predicted octanol–water partition coefficient (Wildman–Crippen LogP) is 1.49. The van der Waals surface area contributed by atoms with Crippen LogP contribution in [0.25, 0.3) is 0 Å². The molecule has 0 unspecified atom stereocenters. The quantitative estimate of drug-likeness (QED) is 0.816. The van der Waals surface area contributed by atoms with Crippen LogP contribution in [0.3, 0.4) is 0 Å². The van der Waals surface area contributed by atoms with Gasteiger partial charge < -0.3 is 15.1 Å². The monoisotopic (exact) mass is 400 g/mol. The van der Waals surface area contributed by atoms with E-state index in [1.165, 1.54) is 0 Å². The molecule has 1 aromatic carbocycles. The van der Waals surface area contributed by atoms with Crippen LogP contribution in [0.4, 0.5) is 24.8 Å². The van der Waals surface area contributed by atoms with Crippen LogP contribution < -0.4 is 15.1 Å². The van der Waals surface area contributed by atoms with Gasteiger partial charge in [-0.15, -0.1) is 0 Å². The normalized spacial score (nSPS) is 15.6. The van der Waals surface area contributed by atoms with E-state index < -0.39 is 11.7 Å². The van der Waals surface area contributed by atoms with Crippen molar-refractivity contribution in [1.29, 1.82) is 0 Å². The lowest BCUT2D eigenvalue weighted by Gasteiger charge is -2.31. The summed E-state index contributed by atoms with van der Waals surface area (Å²) in [5, 5.41) is 2.55. The number of piperazine rings is 1. The van der Waals surface area contributed by atoms with E-state index in [0.717, 1.165) is 23.1 Å². The molecule has 2 heterocycles. The minimum Gasteiger partial charge on any atom is -0.330 e. The van der Waals surface area contributed by atoms with Gasteiger partial charge in [0.25, 0.3) is 5.91 Å². The van der Waals surface area contributed by atoms with Gasteiger partial charge in [0, 0.05) is 12.4 Å². The van der Waals surface area contributed by atoms with E-state index in [1.54, 1.807) is 18.5 Å². The van der Waals surface area contributed by atoms with Gasteiger partial charge in [0.2, 0.25) is 5.95 Å². The highest BCUT2D eigenvalue weighted by Gasteiger charge is 2.31. The Morgan fingerprint density at radius 3 is 2.52 bits per heavy atom. The lowest BCUT2D eigenvalue weighted by atomic mass is 10.2. The second kappa shape index (κ2) is 8.10. The Hall–Kier alpha value is -2.39. The first-order valence-electron chi connectivity index (χ1n) is 8.35. The molecule has 1 aliphatic heterocycles. The number of halogens is 4. The molecule has 1 aromatic heterocycles. The molecule has 1 amide bonds. The fourth-order valence-corrected chi connectivity index (χ4v) is 3.04. The van der Waals surface area contributed by atoms with E-state index in [9.17, 15) is 18.0 Å². The third-order valence-electron chi connectivity index (χ3n) is 4.28. The largest absolute Gasteiger partial charge is 0.416 e. The standard InChI is InChI=1S/C17H17ClF3N5O/c18-13-3-2-12(17(19,20)21)10-14(13)24-15(27)11-25-6-8-26(9-7-25)16-22-4-1-5-23-16/h1-5,10H,6-9,11H2,(H,24,27)/p+1. The minimum absolute atomic E-state index is 0.0350. The Morgan fingerprint density at radius 2 is 1.89 bits per heavy atom. The number of anilines is 2. The molecular weight excluding hydrogens is 383 g/mol. The average molecular weight is 401 g/mol. The summed E-state index contributed by atoms with van der Waals surface area (Å²) in [6, 6.07) is 4.61.